The first-order valence-electron chi connectivity index (χ1n) is 7.92. The van der Waals surface area contributed by atoms with Crippen LogP contribution in [0, 0.1) is 5.92 Å². The first-order chi connectivity index (χ1) is 10.8. The van der Waals surface area contributed by atoms with E-state index in [1.807, 2.05) is 36.5 Å². The van der Waals surface area contributed by atoms with Crippen molar-refractivity contribution in [2.24, 2.45) is 5.92 Å². The lowest BCUT2D eigenvalue weighted by atomic mass is 9.93. The summed E-state index contributed by atoms with van der Waals surface area (Å²) in [5.41, 5.74) is 1.73. The summed E-state index contributed by atoms with van der Waals surface area (Å²) in [6.45, 7) is 2.16. The highest BCUT2D eigenvalue weighted by Gasteiger charge is 2.14. The number of anilines is 1. The van der Waals surface area contributed by atoms with Gasteiger partial charge in [-0.3, -0.25) is 4.79 Å². The molecule has 0 saturated carbocycles. The third-order valence-corrected chi connectivity index (χ3v) is 4.13. The van der Waals surface area contributed by atoms with Crippen molar-refractivity contribution < 1.29 is 4.79 Å². The molecular formula is C17H23ClN4O. The van der Waals surface area contributed by atoms with Gasteiger partial charge < -0.3 is 10.6 Å². The lowest BCUT2D eigenvalue weighted by Gasteiger charge is -2.22. The summed E-state index contributed by atoms with van der Waals surface area (Å²) >= 11 is 0. The minimum atomic E-state index is 0. The molecule has 0 bridgehead atoms. The van der Waals surface area contributed by atoms with Gasteiger partial charge in [0.05, 0.1) is 23.8 Å². The molecule has 0 radical (unpaired) electrons. The average molecular weight is 335 g/mol. The molecule has 1 saturated heterocycles. The molecule has 0 aliphatic carbocycles. The lowest BCUT2D eigenvalue weighted by Crippen LogP contribution is -2.28. The van der Waals surface area contributed by atoms with E-state index in [9.17, 15) is 4.79 Å². The number of benzene rings is 1. The van der Waals surface area contributed by atoms with Crippen LogP contribution in [0.2, 0.25) is 0 Å². The molecular weight excluding hydrogens is 312 g/mol. The van der Waals surface area contributed by atoms with E-state index in [-0.39, 0.29) is 18.3 Å². The molecule has 2 N–H and O–H groups in total. The molecule has 0 unspecified atom stereocenters. The minimum Gasteiger partial charge on any atom is -0.323 e. The Bertz CT molecular complexity index is 608. The van der Waals surface area contributed by atoms with E-state index in [0.29, 0.717) is 12.3 Å². The van der Waals surface area contributed by atoms with Crippen LogP contribution in [0.3, 0.4) is 0 Å². The molecule has 1 aromatic carbocycles. The van der Waals surface area contributed by atoms with E-state index in [1.54, 1.807) is 10.9 Å². The Balaban J connectivity index is 0.00000192. The van der Waals surface area contributed by atoms with Crippen LogP contribution in [0.15, 0.2) is 42.7 Å². The van der Waals surface area contributed by atoms with Crippen molar-refractivity contribution in [2.45, 2.75) is 25.7 Å². The van der Waals surface area contributed by atoms with Gasteiger partial charge in [-0.05, 0) is 50.4 Å². The van der Waals surface area contributed by atoms with Gasteiger partial charge in [0.2, 0.25) is 5.91 Å². The highest BCUT2D eigenvalue weighted by atomic mass is 35.5. The second-order valence-corrected chi connectivity index (χ2v) is 5.79. The standard InChI is InChI=1S/C17H22N4O.ClH/c22-17(7-6-14-8-10-18-11-9-14)20-15-12-19-21(13-15)16-4-2-1-3-5-16;/h1-5,12-14,18H,6-11H2,(H,20,22);1H. The fraction of sp³-hybridized carbons (Fsp3) is 0.412. The third kappa shape index (κ3) is 5.08. The van der Waals surface area contributed by atoms with E-state index in [1.165, 1.54) is 12.8 Å². The second-order valence-electron chi connectivity index (χ2n) is 5.79. The molecule has 2 aromatic rings. The summed E-state index contributed by atoms with van der Waals surface area (Å²) < 4.78 is 1.77. The summed E-state index contributed by atoms with van der Waals surface area (Å²) in [5.74, 6) is 0.755. The molecule has 0 spiro atoms. The molecule has 1 aliphatic heterocycles. The van der Waals surface area contributed by atoms with Crippen LogP contribution in [0.4, 0.5) is 5.69 Å². The van der Waals surface area contributed by atoms with Crippen molar-refractivity contribution >= 4 is 24.0 Å². The predicted octanol–water partition coefficient (Wildman–Crippen LogP) is 3.01. The van der Waals surface area contributed by atoms with E-state index >= 15 is 0 Å². The first-order valence-corrected chi connectivity index (χ1v) is 7.92. The van der Waals surface area contributed by atoms with E-state index in [0.717, 1.165) is 30.9 Å². The number of para-hydroxylation sites is 1. The zero-order valence-electron chi connectivity index (χ0n) is 13.1. The van der Waals surface area contributed by atoms with Crippen molar-refractivity contribution in [2.75, 3.05) is 18.4 Å². The van der Waals surface area contributed by atoms with Crippen molar-refractivity contribution in [3.63, 3.8) is 0 Å². The Hall–Kier alpha value is -1.85. The van der Waals surface area contributed by atoms with Gasteiger partial charge in [-0.1, -0.05) is 18.2 Å². The normalized spacial score (nSPS) is 15.0. The van der Waals surface area contributed by atoms with Crippen molar-refractivity contribution in [1.82, 2.24) is 15.1 Å². The Morgan fingerprint density at radius 2 is 2.00 bits per heavy atom. The van der Waals surface area contributed by atoms with Gasteiger partial charge in [-0.2, -0.15) is 5.10 Å². The SMILES string of the molecule is Cl.O=C(CCC1CCNCC1)Nc1cnn(-c2ccccc2)c1. The maximum absolute atomic E-state index is 12.0. The topological polar surface area (TPSA) is 59.0 Å². The fourth-order valence-corrected chi connectivity index (χ4v) is 2.84. The molecule has 2 heterocycles. The van der Waals surface area contributed by atoms with Gasteiger partial charge in [-0.15, -0.1) is 12.4 Å². The Morgan fingerprint density at radius 1 is 1.26 bits per heavy atom. The molecule has 1 fully saturated rings. The number of aromatic nitrogens is 2. The predicted molar refractivity (Wildman–Crippen MR) is 94.3 cm³/mol. The molecule has 0 atom stereocenters. The molecule has 1 amide bonds. The van der Waals surface area contributed by atoms with Crippen LogP contribution >= 0.6 is 12.4 Å². The van der Waals surface area contributed by atoms with Crippen LogP contribution in [0.5, 0.6) is 0 Å². The lowest BCUT2D eigenvalue weighted by molar-refractivity contribution is -0.116. The second kappa shape index (κ2) is 8.70. The number of hydrogen-bond donors (Lipinski definition) is 2. The molecule has 23 heavy (non-hydrogen) atoms. The van der Waals surface area contributed by atoms with Crippen LogP contribution in [0.25, 0.3) is 5.69 Å². The summed E-state index contributed by atoms with van der Waals surface area (Å²) in [7, 11) is 0. The number of carbonyl (C=O) groups is 1. The average Bonchev–Trinajstić information content (AvgIpc) is 3.03. The monoisotopic (exact) mass is 334 g/mol. The number of halogens is 1. The van der Waals surface area contributed by atoms with Crippen LogP contribution < -0.4 is 10.6 Å². The highest BCUT2D eigenvalue weighted by Crippen LogP contribution is 2.18. The number of nitrogens with zero attached hydrogens (tertiary/aromatic N) is 2. The summed E-state index contributed by atoms with van der Waals surface area (Å²) in [4.78, 5) is 12.0. The molecule has 5 nitrogen and oxygen atoms in total. The summed E-state index contributed by atoms with van der Waals surface area (Å²) in [5, 5.41) is 10.6. The number of amides is 1. The maximum Gasteiger partial charge on any atom is 0.224 e. The molecule has 1 aromatic heterocycles. The van der Waals surface area contributed by atoms with Crippen molar-refractivity contribution in [3.05, 3.63) is 42.7 Å². The van der Waals surface area contributed by atoms with Gasteiger partial charge in [0.15, 0.2) is 0 Å². The number of rotatable bonds is 5. The van der Waals surface area contributed by atoms with Crippen molar-refractivity contribution in [1.29, 1.82) is 0 Å². The van der Waals surface area contributed by atoms with Gasteiger partial charge in [-0.25, -0.2) is 4.68 Å². The molecule has 1 aliphatic rings. The summed E-state index contributed by atoms with van der Waals surface area (Å²) in [6, 6.07) is 9.87. The Morgan fingerprint density at radius 3 is 2.74 bits per heavy atom. The fourth-order valence-electron chi connectivity index (χ4n) is 2.84. The molecule has 3 rings (SSSR count). The number of piperidine rings is 1. The van der Waals surface area contributed by atoms with Gasteiger partial charge in [0.1, 0.15) is 0 Å². The van der Waals surface area contributed by atoms with Gasteiger partial charge >= 0.3 is 0 Å². The van der Waals surface area contributed by atoms with Crippen LogP contribution in [-0.2, 0) is 4.79 Å². The van der Waals surface area contributed by atoms with Crippen molar-refractivity contribution in [3.8, 4) is 5.69 Å². The summed E-state index contributed by atoms with van der Waals surface area (Å²) in [6.07, 6.45) is 7.45. The van der Waals surface area contributed by atoms with Gasteiger partial charge in [0.25, 0.3) is 0 Å². The number of hydrogen-bond acceptors (Lipinski definition) is 3. The van der Waals surface area contributed by atoms with E-state index in [2.05, 4.69) is 15.7 Å². The molecule has 6 heteroatoms. The van der Waals surface area contributed by atoms with Gasteiger partial charge in [0, 0.05) is 6.42 Å². The quantitative estimate of drug-likeness (QED) is 0.883. The largest absolute Gasteiger partial charge is 0.323 e. The number of nitrogens with one attached hydrogen (secondary N) is 2. The zero-order chi connectivity index (χ0) is 15.2. The number of carbonyl (C=O) groups excluding carboxylic acids is 1. The third-order valence-electron chi connectivity index (χ3n) is 4.13. The van der Waals surface area contributed by atoms with E-state index in [4.69, 9.17) is 0 Å². The Labute approximate surface area is 142 Å². The highest BCUT2D eigenvalue weighted by molar-refractivity contribution is 5.90. The Kier molecular flexibility index (Phi) is 6.62. The zero-order valence-corrected chi connectivity index (χ0v) is 13.9. The smallest absolute Gasteiger partial charge is 0.224 e. The minimum absolute atomic E-state index is 0. The van der Waals surface area contributed by atoms with E-state index < -0.39 is 0 Å². The van der Waals surface area contributed by atoms with Crippen LogP contribution in [-0.4, -0.2) is 28.8 Å². The maximum atomic E-state index is 12.0. The molecule has 124 valence electrons. The van der Waals surface area contributed by atoms with Crippen LogP contribution in [0.1, 0.15) is 25.7 Å². The first kappa shape index (κ1) is 17.5.